The molecular weight excluding hydrogens is 274 g/mol. The third-order valence-electron chi connectivity index (χ3n) is 2.97. The summed E-state index contributed by atoms with van der Waals surface area (Å²) in [6, 6.07) is 7.70. The number of nitrogens with one attached hydrogen (secondary N) is 2. The van der Waals surface area contributed by atoms with Crippen molar-refractivity contribution < 1.29 is 0 Å². The highest BCUT2D eigenvalue weighted by Crippen LogP contribution is 2.28. The van der Waals surface area contributed by atoms with Gasteiger partial charge in [-0.3, -0.25) is 0 Å². The zero-order chi connectivity index (χ0) is 14.5. The Bertz CT molecular complexity index is 568. The van der Waals surface area contributed by atoms with Crippen molar-refractivity contribution in [2.75, 3.05) is 10.7 Å². The maximum absolute atomic E-state index is 5.87. The number of nitrogens with zero attached hydrogens (tertiary/aromatic N) is 2. The molecule has 106 valence electrons. The molecule has 2 rings (SSSR count). The van der Waals surface area contributed by atoms with Crippen molar-refractivity contribution in [2.45, 2.75) is 26.3 Å². The first-order valence-electron chi connectivity index (χ1n) is 6.41. The molecule has 0 unspecified atom stereocenters. The second-order valence-corrected chi connectivity index (χ2v) is 5.20. The highest BCUT2D eigenvalue weighted by molar-refractivity contribution is 6.30. The summed E-state index contributed by atoms with van der Waals surface area (Å²) in [4.78, 5) is 8.44. The van der Waals surface area contributed by atoms with E-state index < -0.39 is 0 Å². The molecule has 0 saturated heterocycles. The fraction of sp³-hybridized carbons (Fsp3) is 0.286. The number of aromatic nitrogens is 2. The first kappa shape index (κ1) is 14.6. The van der Waals surface area contributed by atoms with Crippen LogP contribution in [0.1, 0.15) is 30.9 Å². The van der Waals surface area contributed by atoms with E-state index in [-0.39, 0.29) is 5.92 Å². The molecule has 0 saturated carbocycles. The molecule has 1 aromatic heterocycles. The predicted molar refractivity (Wildman–Crippen MR) is 82.7 cm³/mol. The summed E-state index contributed by atoms with van der Waals surface area (Å²) in [6.07, 6.45) is 1.49. The van der Waals surface area contributed by atoms with Gasteiger partial charge in [-0.05, 0) is 23.6 Å². The second-order valence-electron chi connectivity index (χ2n) is 4.76. The largest absolute Gasteiger partial charge is 0.366 e. The Hall–Kier alpha value is -1.85. The Morgan fingerprint density at radius 3 is 2.40 bits per heavy atom. The summed E-state index contributed by atoms with van der Waals surface area (Å²) in [5, 5.41) is 4.05. The molecule has 20 heavy (non-hydrogen) atoms. The summed E-state index contributed by atoms with van der Waals surface area (Å²) < 4.78 is 0. The van der Waals surface area contributed by atoms with Crippen molar-refractivity contribution >= 4 is 23.2 Å². The zero-order valence-corrected chi connectivity index (χ0v) is 12.3. The van der Waals surface area contributed by atoms with E-state index in [1.54, 1.807) is 0 Å². The highest BCUT2D eigenvalue weighted by Gasteiger charge is 2.13. The Labute approximate surface area is 123 Å². The Morgan fingerprint density at radius 1 is 1.15 bits per heavy atom. The number of hydrazine groups is 1. The molecule has 0 radical (unpaired) electrons. The van der Waals surface area contributed by atoms with E-state index in [0.717, 1.165) is 22.0 Å². The van der Waals surface area contributed by atoms with Gasteiger partial charge in [-0.1, -0.05) is 37.6 Å². The summed E-state index contributed by atoms with van der Waals surface area (Å²) in [5.41, 5.74) is 4.72. The first-order valence-corrected chi connectivity index (χ1v) is 6.79. The van der Waals surface area contributed by atoms with E-state index in [0.29, 0.717) is 12.4 Å². The van der Waals surface area contributed by atoms with E-state index in [1.165, 1.54) is 6.33 Å². The molecule has 0 spiro atoms. The number of nitrogens with two attached hydrogens (primary N) is 1. The molecule has 0 atom stereocenters. The monoisotopic (exact) mass is 291 g/mol. The molecule has 0 aliphatic heterocycles. The van der Waals surface area contributed by atoms with Crippen LogP contribution in [0, 0.1) is 0 Å². The van der Waals surface area contributed by atoms with Gasteiger partial charge in [0.1, 0.15) is 18.0 Å². The van der Waals surface area contributed by atoms with Gasteiger partial charge in [-0.2, -0.15) is 0 Å². The minimum atomic E-state index is 0.259. The van der Waals surface area contributed by atoms with Crippen LogP contribution >= 0.6 is 11.6 Å². The van der Waals surface area contributed by atoms with Gasteiger partial charge in [-0.15, -0.1) is 0 Å². The van der Waals surface area contributed by atoms with Crippen molar-refractivity contribution in [3.8, 4) is 0 Å². The van der Waals surface area contributed by atoms with Gasteiger partial charge in [0.2, 0.25) is 0 Å². The topological polar surface area (TPSA) is 75.9 Å². The Morgan fingerprint density at radius 2 is 1.80 bits per heavy atom. The lowest BCUT2D eigenvalue weighted by atomic mass is 10.0. The maximum atomic E-state index is 5.87. The molecular formula is C14H18ClN5. The number of hydrogen-bond donors (Lipinski definition) is 3. The smallest absolute Gasteiger partial charge is 0.148 e. The van der Waals surface area contributed by atoms with Crippen LogP contribution in [0.3, 0.4) is 0 Å². The molecule has 4 N–H and O–H groups in total. The quantitative estimate of drug-likeness (QED) is 0.583. The third kappa shape index (κ3) is 3.37. The lowest BCUT2D eigenvalue weighted by Gasteiger charge is -2.16. The van der Waals surface area contributed by atoms with Crippen LogP contribution in [0.5, 0.6) is 0 Å². The number of rotatable bonds is 5. The summed E-state index contributed by atoms with van der Waals surface area (Å²) in [5.74, 6) is 7.19. The highest BCUT2D eigenvalue weighted by atomic mass is 35.5. The van der Waals surface area contributed by atoms with Crippen molar-refractivity contribution in [1.29, 1.82) is 0 Å². The summed E-state index contributed by atoms with van der Waals surface area (Å²) in [7, 11) is 0. The number of nitrogen functional groups attached to an aromatic ring is 1. The van der Waals surface area contributed by atoms with E-state index >= 15 is 0 Å². The van der Waals surface area contributed by atoms with Crippen molar-refractivity contribution in [2.24, 2.45) is 5.84 Å². The summed E-state index contributed by atoms with van der Waals surface area (Å²) >= 11 is 5.87. The molecule has 0 fully saturated rings. The van der Waals surface area contributed by atoms with Crippen molar-refractivity contribution in [3.05, 3.63) is 46.7 Å². The van der Waals surface area contributed by atoms with Gasteiger partial charge in [0, 0.05) is 17.1 Å². The molecule has 6 heteroatoms. The molecule has 2 aromatic rings. The van der Waals surface area contributed by atoms with Crippen LogP contribution in [0.2, 0.25) is 5.02 Å². The van der Waals surface area contributed by atoms with Gasteiger partial charge in [0.15, 0.2) is 0 Å². The standard InChI is InChI=1S/C14H18ClN5/c1-9(2)12-13(18-8-19-14(12)20-16)17-7-10-3-5-11(15)6-4-10/h3-6,8-9H,7,16H2,1-2H3,(H2,17,18,19,20). The Balaban J connectivity index is 2.18. The number of benzene rings is 1. The summed E-state index contributed by atoms with van der Waals surface area (Å²) in [6.45, 7) is 4.82. The molecule has 1 aromatic carbocycles. The van der Waals surface area contributed by atoms with E-state index in [4.69, 9.17) is 17.4 Å². The van der Waals surface area contributed by atoms with Gasteiger partial charge in [0.25, 0.3) is 0 Å². The Kier molecular flexibility index (Phi) is 4.76. The first-order chi connectivity index (χ1) is 9.61. The minimum absolute atomic E-state index is 0.259. The van der Waals surface area contributed by atoms with E-state index in [2.05, 4.69) is 34.6 Å². The van der Waals surface area contributed by atoms with E-state index in [1.807, 2.05) is 24.3 Å². The number of anilines is 2. The maximum Gasteiger partial charge on any atom is 0.148 e. The molecule has 0 amide bonds. The SMILES string of the molecule is CC(C)c1c(NN)ncnc1NCc1ccc(Cl)cc1. The van der Waals surface area contributed by atoms with Gasteiger partial charge < -0.3 is 10.7 Å². The number of halogens is 1. The average Bonchev–Trinajstić information content (AvgIpc) is 2.46. The molecule has 0 aliphatic carbocycles. The normalized spacial score (nSPS) is 10.7. The van der Waals surface area contributed by atoms with Crippen molar-refractivity contribution in [1.82, 2.24) is 9.97 Å². The van der Waals surface area contributed by atoms with Gasteiger partial charge in [-0.25, -0.2) is 15.8 Å². The molecule has 0 bridgehead atoms. The van der Waals surface area contributed by atoms with Crippen LogP contribution in [0.25, 0.3) is 0 Å². The van der Waals surface area contributed by atoms with Crippen LogP contribution in [-0.2, 0) is 6.54 Å². The minimum Gasteiger partial charge on any atom is -0.366 e. The van der Waals surface area contributed by atoms with E-state index in [9.17, 15) is 0 Å². The fourth-order valence-corrected chi connectivity index (χ4v) is 2.11. The van der Waals surface area contributed by atoms with Crippen LogP contribution in [0.15, 0.2) is 30.6 Å². The van der Waals surface area contributed by atoms with Gasteiger partial charge in [0.05, 0.1) is 0 Å². The molecule has 5 nitrogen and oxygen atoms in total. The third-order valence-corrected chi connectivity index (χ3v) is 3.22. The molecule has 1 heterocycles. The molecule has 0 aliphatic rings. The zero-order valence-electron chi connectivity index (χ0n) is 11.5. The predicted octanol–water partition coefficient (Wildman–Crippen LogP) is 3.15. The fourth-order valence-electron chi connectivity index (χ4n) is 1.99. The van der Waals surface area contributed by atoms with Gasteiger partial charge >= 0.3 is 0 Å². The van der Waals surface area contributed by atoms with Crippen LogP contribution in [0.4, 0.5) is 11.6 Å². The lowest BCUT2D eigenvalue weighted by molar-refractivity contribution is 0.845. The van der Waals surface area contributed by atoms with Crippen molar-refractivity contribution in [3.63, 3.8) is 0 Å². The second kappa shape index (κ2) is 6.54. The van der Waals surface area contributed by atoms with Crippen LogP contribution in [-0.4, -0.2) is 9.97 Å². The lowest BCUT2D eigenvalue weighted by Crippen LogP contribution is -2.15. The number of hydrogen-bond acceptors (Lipinski definition) is 5. The average molecular weight is 292 g/mol. The van der Waals surface area contributed by atoms with Crippen LogP contribution < -0.4 is 16.6 Å².